The van der Waals surface area contributed by atoms with Gasteiger partial charge in [-0.25, -0.2) is 0 Å². The number of hydrogen-bond donors (Lipinski definition) is 0. The summed E-state index contributed by atoms with van der Waals surface area (Å²) in [4.78, 5) is 12.7. The van der Waals surface area contributed by atoms with Gasteiger partial charge in [-0.1, -0.05) is 12.1 Å². The molecular formula is C18H22O3. The minimum atomic E-state index is -0.0340. The quantitative estimate of drug-likeness (QED) is 0.628. The van der Waals surface area contributed by atoms with Crippen LogP contribution in [0.2, 0.25) is 0 Å². The minimum Gasteiger partial charge on any atom is -0.493 e. The van der Waals surface area contributed by atoms with Crippen molar-refractivity contribution < 1.29 is 14.3 Å². The van der Waals surface area contributed by atoms with Crippen LogP contribution in [0.15, 0.2) is 24.3 Å². The van der Waals surface area contributed by atoms with Gasteiger partial charge >= 0.3 is 5.97 Å². The minimum absolute atomic E-state index is 0.0340. The molecule has 5 rings (SSSR count). The fraction of sp³-hybridized carbons (Fsp3) is 0.611. The topological polar surface area (TPSA) is 35.5 Å². The number of hydrogen-bond acceptors (Lipinski definition) is 3. The SMILES string of the molecule is COc1ccccc1OC(=O)C1C2CC3CC(C2)CC1C3. The third kappa shape index (κ3) is 2.23. The first-order chi connectivity index (χ1) is 10.2. The number of carbonyl (C=O) groups is 1. The smallest absolute Gasteiger partial charge is 0.315 e. The maximum Gasteiger partial charge on any atom is 0.315 e. The van der Waals surface area contributed by atoms with Crippen LogP contribution < -0.4 is 9.47 Å². The largest absolute Gasteiger partial charge is 0.493 e. The van der Waals surface area contributed by atoms with Crippen LogP contribution in [0.3, 0.4) is 0 Å². The van der Waals surface area contributed by atoms with Crippen molar-refractivity contribution in [2.75, 3.05) is 7.11 Å². The fourth-order valence-corrected chi connectivity index (χ4v) is 5.19. The Morgan fingerprint density at radius 2 is 1.52 bits per heavy atom. The van der Waals surface area contributed by atoms with E-state index in [9.17, 15) is 4.79 Å². The highest BCUT2D eigenvalue weighted by Crippen LogP contribution is 2.56. The molecular weight excluding hydrogens is 264 g/mol. The zero-order valence-electron chi connectivity index (χ0n) is 12.5. The predicted octanol–water partition coefficient (Wildman–Crippen LogP) is 3.67. The van der Waals surface area contributed by atoms with E-state index in [0.717, 1.165) is 11.8 Å². The Bertz CT molecular complexity index is 523. The Labute approximate surface area is 125 Å². The lowest BCUT2D eigenvalue weighted by molar-refractivity contribution is -0.152. The third-order valence-electron chi connectivity index (χ3n) is 5.78. The number of carbonyl (C=O) groups excluding carboxylic acids is 1. The van der Waals surface area contributed by atoms with Gasteiger partial charge in [0.15, 0.2) is 11.5 Å². The van der Waals surface area contributed by atoms with Crippen LogP contribution in [0.25, 0.3) is 0 Å². The maximum atomic E-state index is 12.7. The first-order valence-electron chi connectivity index (χ1n) is 8.09. The molecule has 1 aromatic carbocycles. The first kappa shape index (κ1) is 13.2. The van der Waals surface area contributed by atoms with Crippen LogP contribution in [0, 0.1) is 29.6 Å². The Kier molecular flexibility index (Phi) is 3.16. The van der Waals surface area contributed by atoms with Gasteiger partial charge in [-0.3, -0.25) is 4.79 Å². The van der Waals surface area contributed by atoms with Crippen molar-refractivity contribution in [1.82, 2.24) is 0 Å². The van der Waals surface area contributed by atoms with E-state index in [1.54, 1.807) is 7.11 Å². The van der Waals surface area contributed by atoms with Crippen molar-refractivity contribution in [3.8, 4) is 11.5 Å². The Hall–Kier alpha value is -1.51. The number of methoxy groups -OCH3 is 1. The summed E-state index contributed by atoms with van der Waals surface area (Å²) in [5, 5.41) is 0. The van der Waals surface area contributed by atoms with Crippen molar-refractivity contribution >= 4 is 5.97 Å². The van der Waals surface area contributed by atoms with Crippen LogP contribution in [0.5, 0.6) is 11.5 Å². The summed E-state index contributed by atoms with van der Waals surface area (Å²) < 4.78 is 11.0. The molecule has 0 aliphatic heterocycles. The molecule has 0 heterocycles. The second kappa shape index (κ2) is 5.04. The van der Waals surface area contributed by atoms with Crippen molar-refractivity contribution in [3.05, 3.63) is 24.3 Å². The third-order valence-corrected chi connectivity index (χ3v) is 5.78. The molecule has 112 valence electrons. The summed E-state index contributed by atoms with van der Waals surface area (Å²) >= 11 is 0. The van der Waals surface area contributed by atoms with Gasteiger partial charge in [-0.05, 0) is 67.9 Å². The van der Waals surface area contributed by atoms with Crippen LogP contribution >= 0.6 is 0 Å². The van der Waals surface area contributed by atoms with Crippen LogP contribution in [-0.4, -0.2) is 13.1 Å². The number of rotatable bonds is 3. The molecule has 4 bridgehead atoms. The van der Waals surface area contributed by atoms with E-state index in [4.69, 9.17) is 9.47 Å². The molecule has 0 N–H and O–H groups in total. The van der Waals surface area contributed by atoms with Gasteiger partial charge in [-0.2, -0.15) is 0 Å². The second-order valence-electron chi connectivity index (χ2n) is 7.03. The fourth-order valence-electron chi connectivity index (χ4n) is 5.19. The lowest BCUT2D eigenvalue weighted by atomic mass is 9.52. The normalized spacial score (nSPS) is 36.5. The molecule has 1 aromatic rings. The monoisotopic (exact) mass is 286 g/mol. The molecule has 4 fully saturated rings. The van der Waals surface area contributed by atoms with Crippen LogP contribution in [-0.2, 0) is 4.79 Å². The van der Waals surface area contributed by atoms with E-state index < -0.39 is 0 Å². The number of para-hydroxylation sites is 2. The molecule has 4 aliphatic rings. The van der Waals surface area contributed by atoms with E-state index in [1.807, 2.05) is 24.3 Å². The molecule has 3 heteroatoms. The van der Waals surface area contributed by atoms with Gasteiger partial charge < -0.3 is 9.47 Å². The lowest BCUT2D eigenvalue weighted by Gasteiger charge is -2.53. The zero-order chi connectivity index (χ0) is 14.4. The van der Waals surface area contributed by atoms with Crippen LogP contribution in [0.4, 0.5) is 0 Å². The van der Waals surface area contributed by atoms with E-state index in [-0.39, 0.29) is 11.9 Å². The maximum absolute atomic E-state index is 12.7. The summed E-state index contributed by atoms with van der Waals surface area (Å²) in [6, 6.07) is 7.41. The highest BCUT2D eigenvalue weighted by molar-refractivity contribution is 5.77. The summed E-state index contributed by atoms with van der Waals surface area (Å²) in [5.74, 6) is 4.14. The molecule has 21 heavy (non-hydrogen) atoms. The number of ether oxygens (including phenoxy) is 2. The van der Waals surface area contributed by atoms with Crippen molar-refractivity contribution in [2.24, 2.45) is 29.6 Å². The standard InChI is InChI=1S/C18H22O3/c1-20-15-4-2-3-5-16(15)21-18(19)17-13-7-11-6-12(9-13)10-14(17)8-11/h2-5,11-14,17H,6-10H2,1H3. The van der Waals surface area contributed by atoms with Gasteiger partial charge in [0.25, 0.3) is 0 Å². The Morgan fingerprint density at radius 1 is 0.952 bits per heavy atom. The van der Waals surface area contributed by atoms with E-state index in [2.05, 4.69) is 0 Å². The summed E-state index contributed by atoms with van der Waals surface area (Å²) in [6.07, 6.45) is 6.34. The molecule has 4 aliphatic carbocycles. The molecule has 3 nitrogen and oxygen atoms in total. The Morgan fingerprint density at radius 3 is 2.10 bits per heavy atom. The average Bonchev–Trinajstić information content (AvgIpc) is 2.46. The molecule has 0 saturated heterocycles. The highest BCUT2D eigenvalue weighted by atomic mass is 16.6. The highest BCUT2D eigenvalue weighted by Gasteiger charge is 2.51. The van der Waals surface area contributed by atoms with Crippen molar-refractivity contribution in [3.63, 3.8) is 0 Å². The lowest BCUT2D eigenvalue weighted by Crippen LogP contribution is -2.49. The van der Waals surface area contributed by atoms with E-state index >= 15 is 0 Å². The van der Waals surface area contributed by atoms with E-state index in [1.165, 1.54) is 32.1 Å². The van der Waals surface area contributed by atoms with Gasteiger partial charge in [0.2, 0.25) is 0 Å². The number of benzene rings is 1. The average molecular weight is 286 g/mol. The molecule has 0 radical (unpaired) electrons. The first-order valence-corrected chi connectivity index (χ1v) is 8.09. The summed E-state index contributed by atoms with van der Waals surface area (Å²) in [6.45, 7) is 0. The van der Waals surface area contributed by atoms with Gasteiger partial charge in [0, 0.05) is 0 Å². The summed E-state index contributed by atoms with van der Waals surface area (Å²) in [7, 11) is 1.61. The van der Waals surface area contributed by atoms with Gasteiger partial charge in [0.1, 0.15) is 0 Å². The molecule has 0 atom stereocenters. The van der Waals surface area contributed by atoms with Gasteiger partial charge in [0.05, 0.1) is 13.0 Å². The van der Waals surface area contributed by atoms with Crippen molar-refractivity contribution in [2.45, 2.75) is 32.1 Å². The molecule has 0 aromatic heterocycles. The Balaban J connectivity index is 1.53. The van der Waals surface area contributed by atoms with Gasteiger partial charge in [-0.15, -0.1) is 0 Å². The summed E-state index contributed by atoms with van der Waals surface area (Å²) in [5.41, 5.74) is 0. The molecule has 0 unspecified atom stereocenters. The van der Waals surface area contributed by atoms with Crippen molar-refractivity contribution in [1.29, 1.82) is 0 Å². The predicted molar refractivity (Wildman–Crippen MR) is 79.2 cm³/mol. The molecule has 0 amide bonds. The van der Waals surface area contributed by atoms with E-state index in [0.29, 0.717) is 23.3 Å². The number of esters is 1. The zero-order valence-corrected chi connectivity index (χ0v) is 12.5. The molecule has 0 spiro atoms. The van der Waals surface area contributed by atoms with Crippen LogP contribution in [0.1, 0.15) is 32.1 Å². The second-order valence-corrected chi connectivity index (χ2v) is 7.03. The molecule has 4 saturated carbocycles.